The number of aryl methyl sites for hydroxylation is 1. The Bertz CT molecular complexity index is 962. The van der Waals surface area contributed by atoms with Crippen molar-refractivity contribution < 1.29 is 18.7 Å². The van der Waals surface area contributed by atoms with Gasteiger partial charge in [0.15, 0.2) is 5.58 Å². The van der Waals surface area contributed by atoms with Gasteiger partial charge in [0.05, 0.1) is 17.3 Å². The van der Waals surface area contributed by atoms with Crippen molar-refractivity contribution in [2.75, 3.05) is 11.9 Å². The van der Waals surface area contributed by atoms with Gasteiger partial charge in [-0.25, -0.2) is 14.0 Å². The van der Waals surface area contributed by atoms with Crippen LogP contribution in [0, 0.1) is 5.82 Å². The van der Waals surface area contributed by atoms with Crippen LogP contribution >= 0.6 is 0 Å². The summed E-state index contributed by atoms with van der Waals surface area (Å²) in [5.41, 5.74) is 1.64. The summed E-state index contributed by atoms with van der Waals surface area (Å²) in [6.07, 6.45) is -0.975. The molecule has 8 heteroatoms. The number of para-hydroxylation sites is 1. The maximum Gasteiger partial charge on any atom is 0.419 e. The average Bonchev–Trinajstić information content (AvgIpc) is 2.89. The molecule has 0 saturated carbocycles. The Morgan fingerprint density at radius 2 is 2.00 bits per heavy atom. The second-order valence-corrected chi connectivity index (χ2v) is 5.48. The first-order chi connectivity index (χ1) is 12.0. The molecule has 0 radical (unpaired) electrons. The molecule has 0 saturated heterocycles. The fourth-order valence-corrected chi connectivity index (χ4v) is 2.41. The van der Waals surface area contributed by atoms with E-state index in [4.69, 9.17) is 4.42 Å². The maximum absolute atomic E-state index is 12.9. The molecule has 7 nitrogen and oxygen atoms in total. The molecule has 25 heavy (non-hydrogen) atoms. The number of benzene rings is 2. The minimum atomic E-state index is -0.975. The van der Waals surface area contributed by atoms with E-state index in [1.54, 1.807) is 25.2 Å². The Kier molecular flexibility index (Phi) is 4.53. The molecule has 0 spiro atoms. The summed E-state index contributed by atoms with van der Waals surface area (Å²) in [7, 11) is 1.57. The molecule has 3 rings (SSSR count). The molecule has 0 fully saturated rings. The SMILES string of the molecule is Cn1c(=O)oc2c(NC(=O)NC[C@H](O)c3ccc(F)cc3)cccc21. The largest absolute Gasteiger partial charge is 0.419 e. The van der Waals surface area contributed by atoms with Crippen molar-refractivity contribution in [2.24, 2.45) is 7.05 Å². The lowest BCUT2D eigenvalue weighted by Crippen LogP contribution is -2.32. The van der Waals surface area contributed by atoms with Crippen LogP contribution in [0.5, 0.6) is 0 Å². The molecule has 0 bridgehead atoms. The van der Waals surface area contributed by atoms with E-state index in [0.717, 1.165) is 0 Å². The Morgan fingerprint density at radius 1 is 1.28 bits per heavy atom. The van der Waals surface area contributed by atoms with Crippen molar-refractivity contribution in [1.29, 1.82) is 0 Å². The molecule has 0 aliphatic rings. The molecule has 1 heterocycles. The van der Waals surface area contributed by atoms with E-state index >= 15 is 0 Å². The molecular formula is C17H16FN3O4. The number of nitrogens with zero attached hydrogens (tertiary/aromatic N) is 1. The molecule has 0 aliphatic carbocycles. The number of hydrogen-bond acceptors (Lipinski definition) is 4. The van der Waals surface area contributed by atoms with E-state index in [-0.39, 0.29) is 12.1 Å². The smallest absolute Gasteiger partial charge is 0.405 e. The first-order valence-electron chi connectivity index (χ1n) is 7.52. The molecule has 3 N–H and O–H groups in total. The third-order valence-corrected chi connectivity index (χ3v) is 3.78. The third-order valence-electron chi connectivity index (χ3n) is 3.78. The van der Waals surface area contributed by atoms with Gasteiger partial charge in [-0.2, -0.15) is 0 Å². The first kappa shape index (κ1) is 16.7. The highest BCUT2D eigenvalue weighted by molar-refractivity contribution is 5.97. The van der Waals surface area contributed by atoms with Crippen LogP contribution in [-0.2, 0) is 7.05 Å². The summed E-state index contributed by atoms with van der Waals surface area (Å²) < 4.78 is 19.3. The van der Waals surface area contributed by atoms with Crippen molar-refractivity contribution in [3.8, 4) is 0 Å². The number of carbonyl (C=O) groups excluding carboxylic acids is 1. The fraction of sp³-hybridized carbons (Fsp3) is 0.176. The number of aromatic nitrogens is 1. The zero-order chi connectivity index (χ0) is 18.0. The Hall–Kier alpha value is -3.13. The second-order valence-electron chi connectivity index (χ2n) is 5.48. The van der Waals surface area contributed by atoms with E-state index in [1.165, 1.54) is 28.8 Å². The molecule has 0 unspecified atom stereocenters. The first-order valence-corrected chi connectivity index (χ1v) is 7.52. The molecule has 1 atom stereocenters. The highest BCUT2D eigenvalue weighted by atomic mass is 19.1. The van der Waals surface area contributed by atoms with Gasteiger partial charge in [-0.3, -0.25) is 4.57 Å². The minimum Gasteiger partial charge on any atom is -0.405 e. The molecule has 3 aromatic rings. The number of carbonyl (C=O) groups is 1. The highest BCUT2D eigenvalue weighted by Crippen LogP contribution is 2.21. The van der Waals surface area contributed by atoms with Gasteiger partial charge < -0.3 is 20.2 Å². The molecule has 2 amide bonds. The van der Waals surface area contributed by atoms with Crippen LogP contribution < -0.4 is 16.4 Å². The predicted molar refractivity (Wildman–Crippen MR) is 89.8 cm³/mol. The van der Waals surface area contributed by atoms with Gasteiger partial charge in [0.1, 0.15) is 5.82 Å². The summed E-state index contributed by atoms with van der Waals surface area (Å²) in [4.78, 5) is 23.6. The summed E-state index contributed by atoms with van der Waals surface area (Å²) in [6, 6.07) is 9.76. The Morgan fingerprint density at radius 3 is 2.72 bits per heavy atom. The number of rotatable bonds is 4. The molecule has 2 aromatic carbocycles. The van der Waals surface area contributed by atoms with Crippen LogP contribution in [0.4, 0.5) is 14.9 Å². The van der Waals surface area contributed by atoms with Crippen LogP contribution in [0.2, 0.25) is 0 Å². The Balaban J connectivity index is 1.66. The number of fused-ring (bicyclic) bond motifs is 1. The lowest BCUT2D eigenvalue weighted by atomic mass is 10.1. The van der Waals surface area contributed by atoms with Crippen LogP contribution in [0.25, 0.3) is 11.1 Å². The third kappa shape index (κ3) is 3.53. The second kappa shape index (κ2) is 6.78. The van der Waals surface area contributed by atoms with Gasteiger partial charge in [0.25, 0.3) is 0 Å². The number of nitrogens with one attached hydrogen (secondary N) is 2. The van der Waals surface area contributed by atoms with Crippen LogP contribution in [-0.4, -0.2) is 22.2 Å². The number of oxazole rings is 1. The van der Waals surface area contributed by atoms with Gasteiger partial charge in [-0.15, -0.1) is 0 Å². The zero-order valence-corrected chi connectivity index (χ0v) is 13.3. The van der Waals surface area contributed by atoms with Gasteiger partial charge >= 0.3 is 11.8 Å². The van der Waals surface area contributed by atoms with Gasteiger partial charge in [-0.1, -0.05) is 18.2 Å². The van der Waals surface area contributed by atoms with E-state index in [2.05, 4.69) is 10.6 Å². The molecule has 130 valence electrons. The number of halogens is 1. The number of urea groups is 1. The van der Waals surface area contributed by atoms with Crippen LogP contribution in [0.3, 0.4) is 0 Å². The van der Waals surface area contributed by atoms with Crippen molar-refractivity contribution >= 4 is 22.8 Å². The number of anilines is 1. The zero-order valence-electron chi connectivity index (χ0n) is 13.3. The van der Waals surface area contributed by atoms with Gasteiger partial charge in [0.2, 0.25) is 0 Å². The summed E-state index contributed by atoms with van der Waals surface area (Å²) in [6.45, 7) is -0.0633. The monoisotopic (exact) mass is 345 g/mol. The molecule has 1 aromatic heterocycles. The van der Waals surface area contributed by atoms with Crippen molar-refractivity contribution in [2.45, 2.75) is 6.10 Å². The number of hydrogen-bond donors (Lipinski definition) is 3. The van der Waals surface area contributed by atoms with Gasteiger partial charge in [-0.05, 0) is 29.8 Å². The fourth-order valence-electron chi connectivity index (χ4n) is 2.41. The van der Waals surface area contributed by atoms with E-state index in [1.807, 2.05) is 0 Å². The lowest BCUT2D eigenvalue weighted by molar-refractivity contribution is 0.175. The topological polar surface area (TPSA) is 96.5 Å². The van der Waals surface area contributed by atoms with Crippen molar-refractivity contribution in [3.63, 3.8) is 0 Å². The summed E-state index contributed by atoms with van der Waals surface area (Å²) in [5, 5.41) is 15.1. The predicted octanol–water partition coefficient (Wildman–Crippen LogP) is 2.13. The normalized spacial score (nSPS) is 12.1. The van der Waals surface area contributed by atoms with E-state index in [9.17, 15) is 19.1 Å². The van der Waals surface area contributed by atoms with Gasteiger partial charge in [0, 0.05) is 13.6 Å². The van der Waals surface area contributed by atoms with E-state index < -0.39 is 23.7 Å². The van der Waals surface area contributed by atoms with Crippen molar-refractivity contribution in [3.05, 3.63) is 64.4 Å². The highest BCUT2D eigenvalue weighted by Gasteiger charge is 2.13. The quantitative estimate of drug-likeness (QED) is 0.675. The summed E-state index contributed by atoms with van der Waals surface area (Å²) in [5.74, 6) is -0.935. The molecular weight excluding hydrogens is 329 g/mol. The van der Waals surface area contributed by atoms with Crippen molar-refractivity contribution in [1.82, 2.24) is 9.88 Å². The van der Waals surface area contributed by atoms with Crippen LogP contribution in [0.1, 0.15) is 11.7 Å². The van der Waals surface area contributed by atoms with Crippen LogP contribution in [0.15, 0.2) is 51.7 Å². The maximum atomic E-state index is 12.9. The number of aliphatic hydroxyl groups is 1. The average molecular weight is 345 g/mol. The number of aliphatic hydroxyl groups excluding tert-OH is 1. The molecule has 0 aliphatic heterocycles. The Labute approximate surface area is 141 Å². The standard InChI is InChI=1S/C17H16FN3O4/c1-21-13-4-2-3-12(15(13)25-17(21)24)20-16(23)19-9-14(22)10-5-7-11(18)8-6-10/h2-8,14,22H,9H2,1H3,(H2,19,20,23)/t14-/m0/s1. The number of amides is 2. The lowest BCUT2D eigenvalue weighted by Gasteiger charge is -2.13. The van der Waals surface area contributed by atoms with E-state index in [0.29, 0.717) is 16.8 Å². The minimum absolute atomic E-state index is 0.0633. The summed E-state index contributed by atoms with van der Waals surface area (Å²) >= 11 is 0.